The van der Waals surface area contributed by atoms with Gasteiger partial charge < -0.3 is 20.8 Å². The average Bonchev–Trinajstić information content (AvgIpc) is 2.35. The molecular weight excluding hydrogens is 243 g/mol. The number of hydrogen-bond donors (Lipinski definition) is 4. The molecule has 1 rings (SSSR count). The molecule has 0 aromatic heterocycles. The Morgan fingerprint density at radius 1 is 1.28 bits per heavy atom. The van der Waals surface area contributed by atoms with Gasteiger partial charge >= 0.3 is 12.0 Å². The van der Waals surface area contributed by atoms with Gasteiger partial charge in [0.2, 0.25) is 0 Å². The summed E-state index contributed by atoms with van der Waals surface area (Å²) < 4.78 is 12.6. The van der Waals surface area contributed by atoms with E-state index in [1.54, 1.807) is 0 Å². The number of aliphatic carboxylic acids is 1. The van der Waals surface area contributed by atoms with Crippen LogP contribution in [-0.4, -0.2) is 34.9 Å². The molecule has 18 heavy (non-hydrogen) atoms. The highest BCUT2D eigenvalue weighted by Crippen LogP contribution is 2.01. The second-order valence-electron chi connectivity index (χ2n) is 3.53. The van der Waals surface area contributed by atoms with Crippen molar-refractivity contribution >= 4 is 12.0 Å². The van der Waals surface area contributed by atoms with Crippen LogP contribution in [0.4, 0.5) is 9.18 Å². The molecule has 0 unspecified atom stereocenters. The van der Waals surface area contributed by atoms with E-state index >= 15 is 0 Å². The molecule has 4 N–H and O–H groups in total. The maximum Gasteiger partial charge on any atom is 0.328 e. The molecule has 7 heteroatoms. The number of carbonyl (C=O) groups is 2. The average molecular weight is 256 g/mol. The zero-order chi connectivity index (χ0) is 13.5. The molecule has 0 fully saturated rings. The van der Waals surface area contributed by atoms with Gasteiger partial charge in [0.05, 0.1) is 6.61 Å². The van der Waals surface area contributed by atoms with E-state index in [0.29, 0.717) is 5.56 Å². The van der Waals surface area contributed by atoms with E-state index in [1.807, 2.05) is 0 Å². The van der Waals surface area contributed by atoms with Crippen LogP contribution in [0.25, 0.3) is 0 Å². The SMILES string of the molecule is O=C(NCc1ccc(F)cc1)N[C@H](CO)C(=O)O. The van der Waals surface area contributed by atoms with Crippen molar-refractivity contribution in [3.05, 3.63) is 35.6 Å². The minimum Gasteiger partial charge on any atom is -0.480 e. The summed E-state index contributed by atoms with van der Waals surface area (Å²) in [4.78, 5) is 21.8. The van der Waals surface area contributed by atoms with Gasteiger partial charge in [-0.25, -0.2) is 14.0 Å². The van der Waals surface area contributed by atoms with Gasteiger partial charge in [-0.2, -0.15) is 0 Å². The number of nitrogens with one attached hydrogen (secondary N) is 2. The molecule has 0 saturated heterocycles. The number of carbonyl (C=O) groups excluding carboxylic acids is 1. The summed E-state index contributed by atoms with van der Waals surface area (Å²) in [7, 11) is 0. The van der Waals surface area contributed by atoms with Gasteiger partial charge in [-0.3, -0.25) is 0 Å². The molecule has 0 aliphatic heterocycles. The first-order chi connectivity index (χ1) is 8.52. The van der Waals surface area contributed by atoms with Crippen LogP contribution < -0.4 is 10.6 Å². The molecule has 0 saturated carbocycles. The van der Waals surface area contributed by atoms with Crippen LogP contribution in [0.2, 0.25) is 0 Å². The number of hydrogen-bond acceptors (Lipinski definition) is 3. The van der Waals surface area contributed by atoms with Crippen molar-refractivity contribution in [1.29, 1.82) is 0 Å². The summed E-state index contributed by atoms with van der Waals surface area (Å²) in [5.41, 5.74) is 0.669. The Hall–Kier alpha value is -2.15. The Morgan fingerprint density at radius 3 is 2.39 bits per heavy atom. The number of carboxylic acid groups (broad SMARTS) is 1. The maximum absolute atomic E-state index is 12.6. The molecule has 0 bridgehead atoms. The molecule has 0 radical (unpaired) electrons. The lowest BCUT2D eigenvalue weighted by molar-refractivity contribution is -0.140. The topological polar surface area (TPSA) is 98.7 Å². The van der Waals surface area contributed by atoms with Crippen molar-refractivity contribution in [2.24, 2.45) is 0 Å². The molecule has 0 aliphatic rings. The zero-order valence-electron chi connectivity index (χ0n) is 9.39. The largest absolute Gasteiger partial charge is 0.480 e. The van der Waals surface area contributed by atoms with Crippen LogP contribution >= 0.6 is 0 Å². The lowest BCUT2D eigenvalue weighted by Gasteiger charge is -2.12. The number of amides is 2. The van der Waals surface area contributed by atoms with E-state index in [2.05, 4.69) is 10.6 Å². The first kappa shape index (κ1) is 13.9. The number of rotatable bonds is 5. The van der Waals surface area contributed by atoms with Crippen molar-refractivity contribution in [2.45, 2.75) is 12.6 Å². The van der Waals surface area contributed by atoms with E-state index in [1.165, 1.54) is 24.3 Å². The molecule has 2 amide bonds. The van der Waals surface area contributed by atoms with Crippen LogP contribution in [-0.2, 0) is 11.3 Å². The molecule has 0 heterocycles. The standard InChI is InChI=1S/C11H13FN2O4/c12-8-3-1-7(2-4-8)5-13-11(18)14-9(6-15)10(16)17/h1-4,9,15H,5-6H2,(H,16,17)(H2,13,14,18)/t9-/m1/s1. The molecular formula is C11H13FN2O4. The monoisotopic (exact) mass is 256 g/mol. The summed E-state index contributed by atoms with van der Waals surface area (Å²) >= 11 is 0. The fraction of sp³-hybridized carbons (Fsp3) is 0.273. The summed E-state index contributed by atoms with van der Waals surface area (Å²) in [6.07, 6.45) is 0. The first-order valence-corrected chi connectivity index (χ1v) is 5.15. The van der Waals surface area contributed by atoms with Gasteiger partial charge in [0.15, 0.2) is 6.04 Å². The van der Waals surface area contributed by atoms with Crippen LogP contribution in [0.15, 0.2) is 24.3 Å². The number of carboxylic acids is 1. The van der Waals surface area contributed by atoms with E-state index < -0.39 is 24.6 Å². The highest BCUT2D eigenvalue weighted by Gasteiger charge is 2.18. The Balaban J connectivity index is 2.41. The van der Waals surface area contributed by atoms with Crippen molar-refractivity contribution in [3.8, 4) is 0 Å². The Bertz CT molecular complexity index is 422. The van der Waals surface area contributed by atoms with Crippen LogP contribution in [0.3, 0.4) is 0 Å². The van der Waals surface area contributed by atoms with Gasteiger partial charge in [-0.15, -0.1) is 0 Å². The first-order valence-electron chi connectivity index (χ1n) is 5.15. The van der Waals surface area contributed by atoms with Crippen LogP contribution in [0.1, 0.15) is 5.56 Å². The van der Waals surface area contributed by atoms with Gasteiger partial charge in [-0.05, 0) is 17.7 Å². The van der Waals surface area contributed by atoms with Gasteiger partial charge in [0.1, 0.15) is 5.82 Å². The molecule has 1 aromatic rings. The molecule has 0 aliphatic carbocycles. The van der Waals surface area contributed by atoms with E-state index in [4.69, 9.17) is 10.2 Å². The Morgan fingerprint density at radius 2 is 1.89 bits per heavy atom. The third kappa shape index (κ3) is 4.38. The normalized spacial score (nSPS) is 11.7. The van der Waals surface area contributed by atoms with E-state index in [0.717, 1.165) is 0 Å². The summed E-state index contributed by atoms with van der Waals surface area (Å²) in [5.74, 6) is -1.70. The van der Waals surface area contributed by atoms with E-state index in [-0.39, 0.29) is 12.4 Å². The van der Waals surface area contributed by atoms with Gasteiger partial charge in [0.25, 0.3) is 0 Å². The van der Waals surface area contributed by atoms with Crippen molar-refractivity contribution in [3.63, 3.8) is 0 Å². The zero-order valence-corrected chi connectivity index (χ0v) is 9.39. The third-order valence-electron chi connectivity index (χ3n) is 2.15. The Kier molecular flexibility index (Phi) is 5.06. The van der Waals surface area contributed by atoms with Crippen LogP contribution in [0.5, 0.6) is 0 Å². The van der Waals surface area contributed by atoms with Crippen molar-refractivity contribution in [2.75, 3.05) is 6.61 Å². The number of aliphatic hydroxyl groups is 1. The third-order valence-corrected chi connectivity index (χ3v) is 2.15. The predicted octanol–water partition coefficient (Wildman–Crippen LogP) is 0.0704. The van der Waals surface area contributed by atoms with Crippen molar-refractivity contribution < 1.29 is 24.2 Å². The maximum atomic E-state index is 12.6. The fourth-order valence-corrected chi connectivity index (χ4v) is 1.18. The van der Waals surface area contributed by atoms with Gasteiger partial charge in [0, 0.05) is 6.54 Å². The molecule has 6 nitrogen and oxygen atoms in total. The molecule has 98 valence electrons. The van der Waals surface area contributed by atoms with Crippen LogP contribution in [0, 0.1) is 5.82 Å². The Labute approximate surface area is 102 Å². The quantitative estimate of drug-likeness (QED) is 0.599. The molecule has 1 aromatic carbocycles. The highest BCUT2D eigenvalue weighted by molar-refractivity contribution is 5.82. The predicted molar refractivity (Wildman–Crippen MR) is 60.3 cm³/mol. The molecule has 0 spiro atoms. The summed E-state index contributed by atoms with van der Waals surface area (Å²) in [6.45, 7) is -0.566. The lowest BCUT2D eigenvalue weighted by atomic mass is 10.2. The second-order valence-corrected chi connectivity index (χ2v) is 3.53. The minimum atomic E-state index is -1.35. The van der Waals surface area contributed by atoms with Crippen molar-refractivity contribution in [1.82, 2.24) is 10.6 Å². The van der Waals surface area contributed by atoms with E-state index in [9.17, 15) is 14.0 Å². The fourth-order valence-electron chi connectivity index (χ4n) is 1.18. The summed E-state index contributed by atoms with van der Waals surface area (Å²) in [6, 6.07) is 3.43. The molecule has 1 atom stereocenters. The number of urea groups is 1. The second kappa shape index (κ2) is 6.55. The number of benzene rings is 1. The smallest absolute Gasteiger partial charge is 0.328 e. The highest BCUT2D eigenvalue weighted by atomic mass is 19.1. The van der Waals surface area contributed by atoms with Gasteiger partial charge in [-0.1, -0.05) is 12.1 Å². The number of halogens is 1. The summed E-state index contributed by atoms with van der Waals surface area (Å²) in [5, 5.41) is 21.8. The lowest BCUT2D eigenvalue weighted by Crippen LogP contribution is -2.47. The minimum absolute atomic E-state index is 0.129. The number of aliphatic hydroxyl groups excluding tert-OH is 1.